The number of rotatable bonds is 3. The first-order valence-corrected chi connectivity index (χ1v) is 5.20. The Morgan fingerprint density at radius 2 is 2.08 bits per heavy atom. The van der Waals surface area contributed by atoms with Crippen LogP contribution in [-0.4, -0.2) is 12.9 Å². The van der Waals surface area contributed by atoms with E-state index in [-0.39, 0.29) is 0 Å². The molecule has 0 atom stereocenters. The maximum absolute atomic E-state index is 5.94. The third kappa shape index (κ3) is 2.70. The zero-order valence-corrected chi connectivity index (χ0v) is 9.59. The molecule has 0 fully saturated rings. The third-order valence-electron chi connectivity index (χ3n) is 1.67. The highest BCUT2D eigenvalue weighted by atomic mass is 35.5. The number of ether oxygens (including phenoxy) is 1. The van der Waals surface area contributed by atoms with Crippen molar-refractivity contribution in [2.24, 2.45) is 0 Å². The van der Waals surface area contributed by atoms with E-state index in [2.05, 4.69) is 12.6 Å². The van der Waals surface area contributed by atoms with Crippen LogP contribution in [-0.2, 0) is 6.42 Å². The zero-order chi connectivity index (χ0) is 9.84. The highest BCUT2D eigenvalue weighted by Gasteiger charge is 2.08. The van der Waals surface area contributed by atoms with Crippen molar-refractivity contribution in [3.8, 4) is 5.75 Å². The summed E-state index contributed by atoms with van der Waals surface area (Å²) < 4.78 is 5.16. The van der Waals surface area contributed by atoms with Gasteiger partial charge in [0.15, 0.2) is 0 Å². The van der Waals surface area contributed by atoms with Gasteiger partial charge in [0, 0.05) is 5.02 Å². The quantitative estimate of drug-likeness (QED) is 0.792. The van der Waals surface area contributed by atoms with E-state index in [0.29, 0.717) is 15.8 Å². The van der Waals surface area contributed by atoms with Crippen LogP contribution in [0.4, 0.5) is 0 Å². The van der Waals surface area contributed by atoms with Crippen molar-refractivity contribution in [2.75, 3.05) is 12.9 Å². The monoisotopic (exact) mass is 236 g/mol. The van der Waals surface area contributed by atoms with Crippen molar-refractivity contribution in [1.29, 1.82) is 0 Å². The van der Waals surface area contributed by atoms with Crippen molar-refractivity contribution >= 4 is 35.8 Å². The average Bonchev–Trinajstić information content (AvgIpc) is 2.04. The number of thiol groups is 1. The second-order valence-corrected chi connectivity index (χ2v) is 3.84. The molecule has 0 aromatic heterocycles. The Labute approximate surface area is 93.4 Å². The highest BCUT2D eigenvalue weighted by molar-refractivity contribution is 7.80. The average molecular weight is 237 g/mol. The van der Waals surface area contributed by atoms with E-state index in [1.54, 1.807) is 13.2 Å². The molecule has 1 rings (SSSR count). The number of methoxy groups -OCH3 is 1. The lowest BCUT2D eigenvalue weighted by Crippen LogP contribution is -1.94. The van der Waals surface area contributed by atoms with Crippen LogP contribution in [0.15, 0.2) is 12.1 Å². The van der Waals surface area contributed by atoms with Gasteiger partial charge in [0.05, 0.1) is 12.1 Å². The number of aryl methyl sites for hydroxylation is 1. The maximum atomic E-state index is 5.94. The van der Waals surface area contributed by atoms with Gasteiger partial charge >= 0.3 is 0 Å². The molecule has 4 heteroatoms. The Balaban J connectivity index is 3.13. The minimum Gasteiger partial charge on any atom is -0.495 e. The number of hydrogen-bond acceptors (Lipinski definition) is 2. The first kappa shape index (κ1) is 11.0. The van der Waals surface area contributed by atoms with Crippen LogP contribution in [0.5, 0.6) is 5.75 Å². The molecule has 0 aliphatic heterocycles. The van der Waals surface area contributed by atoms with E-state index in [9.17, 15) is 0 Å². The van der Waals surface area contributed by atoms with Crippen LogP contribution in [0.3, 0.4) is 0 Å². The van der Waals surface area contributed by atoms with Crippen LogP contribution >= 0.6 is 35.8 Å². The summed E-state index contributed by atoms with van der Waals surface area (Å²) in [5, 5.41) is 1.18. The summed E-state index contributed by atoms with van der Waals surface area (Å²) >= 11 is 15.9. The molecule has 0 radical (unpaired) electrons. The predicted octanol–water partition coefficient (Wildman–Crippen LogP) is 3.47. The molecule has 0 aliphatic carbocycles. The van der Waals surface area contributed by atoms with E-state index in [4.69, 9.17) is 27.9 Å². The summed E-state index contributed by atoms with van der Waals surface area (Å²) in [4.78, 5) is 0. The molecule has 0 unspecified atom stereocenters. The fraction of sp³-hybridized carbons (Fsp3) is 0.333. The molecule has 0 N–H and O–H groups in total. The van der Waals surface area contributed by atoms with E-state index >= 15 is 0 Å². The van der Waals surface area contributed by atoms with Gasteiger partial charge in [-0.1, -0.05) is 23.2 Å². The molecule has 72 valence electrons. The lowest BCUT2D eigenvalue weighted by Gasteiger charge is -2.09. The summed E-state index contributed by atoms with van der Waals surface area (Å²) in [6, 6.07) is 3.52. The van der Waals surface area contributed by atoms with E-state index in [1.165, 1.54) is 0 Å². The molecular weight excluding hydrogens is 227 g/mol. The Morgan fingerprint density at radius 1 is 1.38 bits per heavy atom. The molecule has 0 bridgehead atoms. The Bertz CT molecular complexity index is 302. The van der Waals surface area contributed by atoms with E-state index in [1.807, 2.05) is 6.07 Å². The molecule has 13 heavy (non-hydrogen) atoms. The van der Waals surface area contributed by atoms with Gasteiger partial charge in [0.25, 0.3) is 0 Å². The van der Waals surface area contributed by atoms with Gasteiger partial charge in [-0.15, -0.1) is 0 Å². The third-order valence-corrected chi connectivity index (χ3v) is 2.39. The first-order chi connectivity index (χ1) is 6.19. The molecule has 0 saturated carbocycles. The zero-order valence-electron chi connectivity index (χ0n) is 7.18. The molecule has 0 saturated heterocycles. The molecule has 0 amide bonds. The normalized spacial score (nSPS) is 10.2. The van der Waals surface area contributed by atoms with Crippen LogP contribution < -0.4 is 4.74 Å². The Hall–Kier alpha value is -0.0500. The van der Waals surface area contributed by atoms with E-state index < -0.39 is 0 Å². The summed E-state index contributed by atoms with van der Waals surface area (Å²) in [6.45, 7) is 0. The molecule has 0 aliphatic rings. The molecule has 1 aromatic carbocycles. The second kappa shape index (κ2) is 4.99. The molecule has 0 spiro atoms. The standard InChI is InChI=1S/C9H10Cl2OS/c1-12-9-6(2-3-13)4-7(10)5-8(9)11/h4-5,13H,2-3H2,1H3. The van der Waals surface area contributed by atoms with Crippen molar-refractivity contribution in [2.45, 2.75) is 6.42 Å². The summed E-state index contributed by atoms with van der Waals surface area (Å²) in [5.41, 5.74) is 0.995. The van der Waals surface area contributed by atoms with Crippen molar-refractivity contribution in [3.05, 3.63) is 27.7 Å². The molecular formula is C9H10Cl2OS. The summed E-state index contributed by atoms with van der Waals surface area (Å²) in [7, 11) is 1.59. The van der Waals surface area contributed by atoms with Gasteiger partial charge in [-0.2, -0.15) is 12.6 Å². The fourth-order valence-electron chi connectivity index (χ4n) is 1.15. The van der Waals surface area contributed by atoms with Crippen molar-refractivity contribution < 1.29 is 4.74 Å². The fourth-order valence-corrected chi connectivity index (χ4v) is 2.00. The van der Waals surface area contributed by atoms with Crippen molar-refractivity contribution in [1.82, 2.24) is 0 Å². The lowest BCUT2D eigenvalue weighted by molar-refractivity contribution is 0.410. The minimum atomic E-state index is 0.548. The second-order valence-electron chi connectivity index (χ2n) is 2.55. The van der Waals surface area contributed by atoms with E-state index in [0.717, 1.165) is 17.7 Å². The molecule has 1 nitrogen and oxygen atoms in total. The Morgan fingerprint density at radius 3 is 2.62 bits per heavy atom. The summed E-state index contributed by atoms with van der Waals surface area (Å²) in [6.07, 6.45) is 0.798. The topological polar surface area (TPSA) is 9.23 Å². The first-order valence-electron chi connectivity index (χ1n) is 3.81. The Kier molecular flexibility index (Phi) is 4.23. The van der Waals surface area contributed by atoms with Gasteiger partial charge in [0.2, 0.25) is 0 Å². The van der Waals surface area contributed by atoms with Crippen LogP contribution in [0, 0.1) is 0 Å². The number of benzene rings is 1. The van der Waals surface area contributed by atoms with Gasteiger partial charge in [-0.05, 0) is 29.9 Å². The maximum Gasteiger partial charge on any atom is 0.140 e. The highest BCUT2D eigenvalue weighted by Crippen LogP contribution is 2.32. The minimum absolute atomic E-state index is 0.548. The number of hydrogen-bond donors (Lipinski definition) is 1. The van der Waals surface area contributed by atoms with Crippen LogP contribution in [0.2, 0.25) is 10.0 Å². The summed E-state index contributed by atoms with van der Waals surface area (Å²) in [5.74, 6) is 1.44. The molecule has 0 heterocycles. The SMILES string of the molecule is COc1c(Cl)cc(Cl)cc1CCS. The van der Waals surface area contributed by atoms with Crippen LogP contribution in [0.1, 0.15) is 5.56 Å². The predicted molar refractivity (Wildman–Crippen MR) is 60.6 cm³/mol. The van der Waals surface area contributed by atoms with Crippen LogP contribution in [0.25, 0.3) is 0 Å². The number of halogens is 2. The smallest absolute Gasteiger partial charge is 0.140 e. The van der Waals surface area contributed by atoms with Gasteiger partial charge in [0.1, 0.15) is 5.75 Å². The van der Waals surface area contributed by atoms with Crippen molar-refractivity contribution in [3.63, 3.8) is 0 Å². The lowest BCUT2D eigenvalue weighted by atomic mass is 10.1. The largest absolute Gasteiger partial charge is 0.495 e. The molecule has 1 aromatic rings. The van der Waals surface area contributed by atoms with Gasteiger partial charge in [-0.3, -0.25) is 0 Å². The van der Waals surface area contributed by atoms with Gasteiger partial charge in [-0.25, -0.2) is 0 Å². The van der Waals surface area contributed by atoms with Gasteiger partial charge < -0.3 is 4.74 Å².